The third-order valence-electron chi connectivity index (χ3n) is 34.2. The maximum absolute atomic E-state index is 16.2. The molecule has 1 N–H and O–H groups in total. The summed E-state index contributed by atoms with van der Waals surface area (Å²) in [6.07, 6.45) is -2.91. The van der Waals surface area contributed by atoms with Crippen molar-refractivity contribution >= 4 is 18.0 Å². The molecule has 0 spiro atoms. The summed E-state index contributed by atoms with van der Waals surface area (Å²) < 4.78 is 125. The molecule has 7 saturated heterocycles. The van der Waals surface area contributed by atoms with E-state index < -0.39 is 157 Å². The van der Waals surface area contributed by atoms with Crippen molar-refractivity contribution in [3.8, 4) is 0 Å². The van der Waals surface area contributed by atoms with Crippen molar-refractivity contribution in [3.63, 3.8) is 0 Å². The molecule has 25 heteroatoms. The van der Waals surface area contributed by atoms with Gasteiger partial charge in [-0.15, -0.1) is 0 Å². The summed E-state index contributed by atoms with van der Waals surface area (Å²) >= 11 is 0. The standard InChI is InChI=1S/C102H150N4O21/c1-22-73-60(5)59(4)62(7)91(118-73)125-87-83(122-89-61(6)58(3)57(2)50-115-89)64(9)81(66(11)108)121-93(87)120-78-41-42-98(17)76(99(78,18)56-107)40-43-100(19)77(98)39-38-71-72-48-96(13,14)44-45-102(72,79(110-21)49-101(71,100)20)95(109)104-46-47-112-92-84(63(8)80(105-106-103)74(119-92)54-111-51-68-32-26-23-27-33-68)123-94-88-86(126-97(15,16)127-88)85(67(12)117-94)124-90-65(10)82(114-53-70-36-30-25-31-37-70)75(55-116-90)113-52-69-34-28-24-29-35-69/h23-38,56-65,67,72-94H,22,39-55H2,1-21H3,(H,104,109)/t57-,58+,59+,60-,61?,62?,63?,64-,65?,67?,72?,73?,74?,75-,76-,77?,78+,79+,80-,81?,82?,83+,84?,85+,86?,87?,88?,89+,90+,91+,92-,93-,94+,98?,99-,100?,101-,102-/m1/s1. The number of nitrogens with zero attached hydrogens (tertiary/aromatic N) is 3. The minimum atomic E-state index is -1.10. The monoisotopic (exact) mass is 1770 g/mol. The first-order chi connectivity index (χ1) is 60.6. The van der Waals surface area contributed by atoms with Crippen LogP contribution in [-0.2, 0) is 119 Å². The number of fused-ring (bicyclic) bond motifs is 8. The molecule has 4 saturated carbocycles. The molecular formula is C102H150N4O21. The molecule has 1 amide bonds. The number of hydrogen-bond donors (Lipinski definition) is 1. The van der Waals surface area contributed by atoms with Gasteiger partial charge in [-0.25, -0.2) is 0 Å². The molecule has 5 aliphatic carbocycles. The highest BCUT2D eigenvalue weighted by atomic mass is 16.8. The van der Waals surface area contributed by atoms with Gasteiger partial charge in [0.15, 0.2) is 49.3 Å². The number of allylic oxidation sites excluding steroid dienone is 2. The van der Waals surface area contributed by atoms with E-state index in [0.717, 1.165) is 61.6 Å². The smallest absolute Gasteiger partial charge is 0.229 e. The van der Waals surface area contributed by atoms with Gasteiger partial charge in [0.25, 0.3) is 0 Å². The van der Waals surface area contributed by atoms with Crippen LogP contribution in [0.15, 0.2) is 108 Å². The Morgan fingerprint density at radius 3 is 1.85 bits per heavy atom. The molecule has 25 nitrogen and oxygen atoms in total. The summed E-state index contributed by atoms with van der Waals surface area (Å²) in [6.45, 7) is 45.0. The second-order valence-corrected chi connectivity index (χ2v) is 42.7. The molecule has 17 unspecified atom stereocenters. The lowest BCUT2D eigenvalue weighted by Gasteiger charge is -2.72. The third-order valence-corrected chi connectivity index (χ3v) is 34.2. The van der Waals surface area contributed by atoms with E-state index in [0.29, 0.717) is 56.8 Å². The van der Waals surface area contributed by atoms with Gasteiger partial charge in [-0.1, -0.05) is 219 Å². The quantitative estimate of drug-likeness (QED) is 0.0123. The van der Waals surface area contributed by atoms with Gasteiger partial charge in [0.1, 0.15) is 49.0 Å². The van der Waals surface area contributed by atoms with Crippen LogP contribution in [0.5, 0.6) is 0 Å². The predicted molar refractivity (Wildman–Crippen MR) is 475 cm³/mol. The topological polar surface area (TPSA) is 278 Å². The van der Waals surface area contributed by atoms with Gasteiger partial charge in [-0.2, -0.15) is 0 Å². The zero-order valence-electron chi connectivity index (χ0n) is 79.5. The molecule has 11 fully saturated rings. The molecule has 3 aromatic carbocycles. The van der Waals surface area contributed by atoms with Crippen molar-refractivity contribution < 1.29 is 99.6 Å². The molecule has 15 rings (SSSR count). The van der Waals surface area contributed by atoms with Crippen LogP contribution in [0.2, 0.25) is 0 Å². The zero-order valence-corrected chi connectivity index (χ0v) is 79.5. The van der Waals surface area contributed by atoms with Crippen molar-refractivity contribution in [2.45, 2.75) is 358 Å². The molecule has 3 aromatic rings. The summed E-state index contributed by atoms with van der Waals surface area (Å²) in [5.41, 5.74) is 11.7. The van der Waals surface area contributed by atoms with Crippen molar-refractivity contribution in [1.82, 2.24) is 5.32 Å². The Morgan fingerprint density at radius 2 is 1.19 bits per heavy atom. The number of ketones is 1. The van der Waals surface area contributed by atoms with Crippen LogP contribution in [-0.4, -0.2) is 193 Å². The van der Waals surface area contributed by atoms with Crippen LogP contribution in [0.4, 0.5) is 0 Å². The second kappa shape index (κ2) is 39.4. The summed E-state index contributed by atoms with van der Waals surface area (Å²) in [5, 5.41) is 7.85. The van der Waals surface area contributed by atoms with E-state index in [-0.39, 0.29) is 108 Å². The van der Waals surface area contributed by atoms with Crippen molar-refractivity contribution in [2.75, 3.05) is 40.1 Å². The SMILES string of the molecule is CCC1O[C@@H](OC2[C@H](O[C@H]3CCC4(C)C5CC=C6C7CC(C)(C)CC[C@]7(C(=O)NCCO[C@@H]7OC(COCc8ccccc8)[C@H](N=[N+]=[N-])C(C)C7O[C@@H]7OC(C)[C@H](O[C@@H]8OC[C@@H](OCc9ccccc9)C(OCc9ccccc9)C8C)C8OC(C)(C)OC87)[C@@H](OC)C[C@@]6(C)C5(C)CC[C@H]4[C@@]3(C)C=O)OC(C(C)=O)[C@@H](C)[C@@H]2O[C@@H]2OC[C@@H](C)[C@H](C)C2C)C(C)[C@@H](C)[C@H]1C. The predicted octanol–water partition coefficient (Wildman–Crippen LogP) is 17.6. The summed E-state index contributed by atoms with van der Waals surface area (Å²) in [4.78, 5) is 48.3. The Kier molecular flexibility index (Phi) is 29.9. The van der Waals surface area contributed by atoms with E-state index in [1.165, 1.54) is 11.9 Å². The number of azide groups is 1. The van der Waals surface area contributed by atoms with Gasteiger partial charge in [0.05, 0.1) is 106 Å². The van der Waals surface area contributed by atoms with E-state index in [4.69, 9.17) is 85.3 Å². The van der Waals surface area contributed by atoms with Crippen molar-refractivity contribution in [2.24, 2.45) is 109 Å². The maximum Gasteiger partial charge on any atom is 0.229 e. The van der Waals surface area contributed by atoms with E-state index >= 15 is 4.79 Å². The Bertz CT molecular complexity index is 4260. The Hall–Kier alpha value is -5.20. The summed E-state index contributed by atoms with van der Waals surface area (Å²) in [5.74, 6) is -1.37. The first-order valence-corrected chi connectivity index (χ1v) is 48.1. The number of amides is 1. The lowest BCUT2D eigenvalue weighted by Crippen LogP contribution is -2.69. The van der Waals surface area contributed by atoms with Crippen LogP contribution in [0, 0.1) is 104 Å². The molecule has 38 atom stereocenters. The van der Waals surface area contributed by atoms with Gasteiger partial charge >= 0.3 is 0 Å². The van der Waals surface area contributed by atoms with Gasteiger partial charge in [0.2, 0.25) is 5.91 Å². The van der Waals surface area contributed by atoms with Crippen LogP contribution < -0.4 is 5.32 Å². The number of benzene rings is 3. The number of Topliss-reactive ketones (excluding diaryl/α,β-unsaturated/α-hetero) is 1. The van der Waals surface area contributed by atoms with Crippen molar-refractivity contribution in [1.29, 1.82) is 0 Å². The molecule has 0 bridgehead atoms. The van der Waals surface area contributed by atoms with Gasteiger partial charge in [-0.05, 0) is 183 Å². The number of nitrogens with one attached hydrogen (secondary N) is 1. The first-order valence-electron chi connectivity index (χ1n) is 48.1. The summed E-state index contributed by atoms with van der Waals surface area (Å²) in [7, 11) is 1.79. The van der Waals surface area contributed by atoms with Crippen LogP contribution in [0.3, 0.4) is 0 Å². The van der Waals surface area contributed by atoms with E-state index in [1.54, 1.807) is 14.0 Å². The van der Waals surface area contributed by atoms with Gasteiger partial charge in [-0.3, -0.25) is 9.59 Å². The molecule has 12 aliphatic rings. The van der Waals surface area contributed by atoms with Gasteiger partial charge in [0, 0.05) is 42.2 Å². The van der Waals surface area contributed by atoms with Gasteiger partial charge < -0.3 is 95.4 Å². The fraction of sp³-hybridized carbons (Fsp3) is 0.775. The normalized spacial score (nSPS) is 45.2. The lowest BCUT2D eigenvalue weighted by atomic mass is 9.33. The Morgan fingerprint density at radius 1 is 0.567 bits per heavy atom. The highest BCUT2D eigenvalue weighted by Crippen LogP contribution is 2.76. The number of ether oxygens (including phenoxy) is 18. The molecule has 127 heavy (non-hydrogen) atoms. The van der Waals surface area contributed by atoms with Crippen LogP contribution in [0.1, 0.15) is 219 Å². The maximum atomic E-state index is 16.2. The van der Waals surface area contributed by atoms with E-state index in [2.05, 4.69) is 118 Å². The second-order valence-electron chi connectivity index (χ2n) is 42.7. The molecule has 7 heterocycles. The average molecular weight is 1770 g/mol. The number of methoxy groups -OCH3 is 1. The van der Waals surface area contributed by atoms with Crippen LogP contribution >= 0.6 is 0 Å². The number of rotatable bonds is 30. The molecule has 0 radical (unpaired) electrons. The minimum absolute atomic E-state index is 0.0143. The fourth-order valence-corrected chi connectivity index (χ4v) is 25.8. The fourth-order valence-electron chi connectivity index (χ4n) is 25.8. The molecule has 7 aliphatic heterocycles. The molecular weight excluding hydrogens is 1620 g/mol. The number of carbonyl (C=O) groups is 3. The largest absolute Gasteiger partial charge is 0.380 e. The summed E-state index contributed by atoms with van der Waals surface area (Å²) in [6, 6.07) is 29.2. The Balaban J connectivity index is 0.660. The third kappa shape index (κ3) is 18.8. The zero-order chi connectivity index (χ0) is 90.6. The lowest BCUT2D eigenvalue weighted by molar-refractivity contribution is -0.374. The molecule has 0 aromatic heterocycles. The van der Waals surface area contributed by atoms with E-state index in [9.17, 15) is 15.1 Å². The van der Waals surface area contributed by atoms with E-state index in [1.807, 2.05) is 126 Å². The van der Waals surface area contributed by atoms with Crippen LogP contribution in [0.25, 0.3) is 10.4 Å². The first kappa shape index (κ1) is 96.4. The minimum Gasteiger partial charge on any atom is -0.380 e. The number of carbonyl (C=O) groups excluding carboxylic acids is 3. The average Bonchev–Trinajstić information content (AvgIpc) is 1.67. The Labute approximate surface area is 755 Å². The highest BCUT2D eigenvalue weighted by molar-refractivity contribution is 5.85. The number of hydrogen-bond acceptors (Lipinski definition) is 22. The number of aldehydes is 1. The highest BCUT2D eigenvalue weighted by Gasteiger charge is 2.73. The van der Waals surface area contributed by atoms with Crippen molar-refractivity contribution in [3.05, 3.63) is 130 Å². The molecule has 704 valence electrons.